The molecule has 0 saturated carbocycles. The quantitative estimate of drug-likeness (QED) is 0.876. The third-order valence-electron chi connectivity index (χ3n) is 6.00. The van der Waals surface area contributed by atoms with Crippen LogP contribution in [0.3, 0.4) is 0 Å². The molecule has 1 aliphatic heterocycles. The maximum absolute atomic E-state index is 12.9. The Labute approximate surface area is 166 Å². The molecule has 1 fully saturated rings. The fraction of sp³-hybridized carbons (Fsp3) is 0.500. The van der Waals surface area contributed by atoms with Gasteiger partial charge in [0, 0.05) is 39.1 Å². The maximum Gasteiger partial charge on any atom is 0.225 e. The average molecular weight is 380 g/mol. The van der Waals surface area contributed by atoms with Crippen LogP contribution in [-0.2, 0) is 6.42 Å². The lowest BCUT2D eigenvalue weighted by molar-refractivity contribution is 0.0962. The van der Waals surface area contributed by atoms with Crippen molar-refractivity contribution < 1.29 is 9.90 Å². The monoisotopic (exact) mass is 380 g/mol. The summed E-state index contributed by atoms with van der Waals surface area (Å²) in [6, 6.07) is 8.33. The molecule has 1 aromatic heterocycles. The van der Waals surface area contributed by atoms with Gasteiger partial charge in [-0.2, -0.15) is 0 Å². The van der Waals surface area contributed by atoms with Crippen molar-refractivity contribution in [2.24, 2.45) is 0 Å². The first-order valence-electron chi connectivity index (χ1n) is 10.1. The van der Waals surface area contributed by atoms with Crippen LogP contribution in [0.15, 0.2) is 24.3 Å². The first-order chi connectivity index (χ1) is 13.6. The Morgan fingerprint density at radius 2 is 1.82 bits per heavy atom. The van der Waals surface area contributed by atoms with E-state index in [1.54, 1.807) is 0 Å². The molecule has 28 heavy (non-hydrogen) atoms. The summed E-state index contributed by atoms with van der Waals surface area (Å²) in [6.07, 6.45) is 1.31. The van der Waals surface area contributed by atoms with E-state index in [1.807, 2.05) is 19.1 Å². The molecule has 1 aliphatic carbocycles. The summed E-state index contributed by atoms with van der Waals surface area (Å²) in [4.78, 5) is 26.9. The van der Waals surface area contributed by atoms with Crippen molar-refractivity contribution in [1.82, 2.24) is 14.9 Å². The molecule has 1 aromatic carbocycles. The van der Waals surface area contributed by atoms with Crippen LogP contribution in [0, 0.1) is 13.8 Å². The van der Waals surface area contributed by atoms with Gasteiger partial charge in [-0.3, -0.25) is 9.69 Å². The molecule has 0 radical (unpaired) electrons. The zero-order valence-electron chi connectivity index (χ0n) is 16.7. The van der Waals surface area contributed by atoms with E-state index in [4.69, 9.17) is 10.1 Å². The predicted octanol–water partition coefficient (Wildman–Crippen LogP) is 2.12. The van der Waals surface area contributed by atoms with Crippen LogP contribution in [0.2, 0.25) is 0 Å². The van der Waals surface area contributed by atoms with Crippen LogP contribution < -0.4 is 4.90 Å². The minimum absolute atomic E-state index is 0.159. The van der Waals surface area contributed by atoms with Crippen LogP contribution in [0.1, 0.15) is 45.2 Å². The van der Waals surface area contributed by atoms with E-state index >= 15 is 0 Å². The van der Waals surface area contributed by atoms with Crippen molar-refractivity contribution in [3.05, 3.63) is 52.3 Å². The van der Waals surface area contributed by atoms with Gasteiger partial charge in [0.25, 0.3) is 0 Å². The molecular formula is C22H28N4O2. The zero-order chi connectivity index (χ0) is 19.7. The number of β-amino-alcohol motifs (C(OH)–C–C–N with tert-alkyl or cyclic N) is 1. The van der Waals surface area contributed by atoms with Crippen molar-refractivity contribution in [2.45, 2.75) is 32.6 Å². The minimum atomic E-state index is 0.159. The average Bonchev–Trinajstić information content (AvgIpc) is 2.68. The second-order valence-electron chi connectivity index (χ2n) is 7.87. The molecule has 4 rings (SSSR count). The van der Waals surface area contributed by atoms with Crippen molar-refractivity contribution in [3.8, 4) is 0 Å². The van der Waals surface area contributed by atoms with Crippen molar-refractivity contribution >= 4 is 11.7 Å². The number of aliphatic hydroxyl groups is 1. The summed E-state index contributed by atoms with van der Waals surface area (Å²) in [7, 11) is 0. The lowest BCUT2D eigenvalue weighted by Crippen LogP contribution is -2.48. The smallest absolute Gasteiger partial charge is 0.225 e. The van der Waals surface area contributed by atoms with E-state index in [0.717, 1.165) is 55.5 Å². The highest BCUT2D eigenvalue weighted by Crippen LogP contribution is 2.35. The number of rotatable bonds is 4. The van der Waals surface area contributed by atoms with Gasteiger partial charge in [-0.05, 0) is 37.3 Å². The highest BCUT2D eigenvalue weighted by molar-refractivity contribution is 5.99. The molecule has 2 aliphatic rings. The van der Waals surface area contributed by atoms with Gasteiger partial charge in [0.2, 0.25) is 5.95 Å². The van der Waals surface area contributed by atoms with Gasteiger partial charge in [0.05, 0.1) is 23.6 Å². The number of aliphatic hydroxyl groups excluding tert-OH is 1. The number of carbonyl (C=O) groups is 1. The van der Waals surface area contributed by atoms with Gasteiger partial charge in [0.1, 0.15) is 0 Å². The molecule has 0 amide bonds. The number of aromatic nitrogens is 2. The summed E-state index contributed by atoms with van der Waals surface area (Å²) in [5, 5.41) is 9.12. The van der Waals surface area contributed by atoms with Crippen LogP contribution in [0.5, 0.6) is 0 Å². The Balaban J connectivity index is 1.60. The van der Waals surface area contributed by atoms with Crippen molar-refractivity contribution in [3.63, 3.8) is 0 Å². The molecule has 2 heterocycles. The van der Waals surface area contributed by atoms with Gasteiger partial charge in [-0.15, -0.1) is 0 Å². The Hall–Kier alpha value is -2.31. The molecule has 6 heteroatoms. The molecule has 0 bridgehead atoms. The Morgan fingerprint density at radius 3 is 2.54 bits per heavy atom. The fourth-order valence-corrected chi connectivity index (χ4v) is 4.48. The van der Waals surface area contributed by atoms with Crippen molar-refractivity contribution in [2.75, 3.05) is 44.2 Å². The second-order valence-corrected chi connectivity index (χ2v) is 7.87. The summed E-state index contributed by atoms with van der Waals surface area (Å²) in [5.74, 6) is 1.08. The van der Waals surface area contributed by atoms with Gasteiger partial charge >= 0.3 is 0 Å². The second kappa shape index (κ2) is 7.97. The van der Waals surface area contributed by atoms with Gasteiger partial charge < -0.3 is 10.0 Å². The Morgan fingerprint density at radius 1 is 1.07 bits per heavy atom. The zero-order valence-corrected chi connectivity index (χ0v) is 16.7. The Bertz CT molecular complexity index is 875. The lowest BCUT2D eigenvalue weighted by atomic mass is 9.80. The van der Waals surface area contributed by atoms with Crippen LogP contribution in [0.25, 0.3) is 0 Å². The number of ketones is 1. The number of carbonyl (C=O) groups excluding carboxylic acids is 1. The van der Waals surface area contributed by atoms with Gasteiger partial charge in [-0.25, -0.2) is 9.97 Å². The van der Waals surface area contributed by atoms with Gasteiger partial charge in [-0.1, -0.05) is 24.3 Å². The number of benzene rings is 1. The first kappa shape index (κ1) is 19.0. The number of hydrogen-bond donors (Lipinski definition) is 1. The number of nitrogens with zero attached hydrogens (tertiary/aromatic N) is 4. The van der Waals surface area contributed by atoms with E-state index in [1.165, 1.54) is 11.1 Å². The summed E-state index contributed by atoms with van der Waals surface area (Å²) >= 11 is 0. The number of anilines is 1. The molecule has 1 atom stereocenters. The SMILES string of the molecule is Cc1ccccc1[C@H]1CC(=O)c2c(C)nc(N3CCN(CCO)CC3)nc2C1. The number of hydrogen-bond acceptors (Lipinski definition) is 6. The third kappa shape index (κ3) is 3.66. The molecular weight excluding hydrogens is 352 g/mol. The highest BCUT2D eigenvalue weighted by atomic mass is 16.3. The number of aryl methyl sites for hydroxylation is 2. The van der Waals surface area contributed by atoms with E-state index in [2.05, 4.69) is 33.8 Å². The predicted molar refractivity (Wildman–Crippen MR) is 109 cm³/mol. The van der Waals surface area contributed by atoms with Gasteiger partial charge in [0.15, 0.2) is 5.78 Å². The Kier molecular flexibility index (Phi) is 5.42. The molecule has 2 aromatic rings. The number of piperazine rings is 1. The van der Waals surface area contributed by atoms with Crippen molar-refractivity contribution in [1.29, 1.82) is 0 Å². The third-order valence-corrected chi connectivity index (χ3v) is 6.00. The van der Waals surface area contributed by atoms with E-state index in [9.17, 15) is 4.79 Å². The normalized spacial score (nSPS) is 20.3. The molecule has 0 unspecified atom stereocenters. The summed E-state index contributed by atoms with van der Waals surface area (Å²) < 4.78 is 0. The highest BCUT2D eigenvalue weighted by Gasteiger charge is 2.31. The summed E-state index contributed by atoms with van der Waals surface area (Å²) in [6.45, 7) is 8.41. The van der Waals surface area contributed by atoms with Crippen LogP contribution in [-0.4, -0.2) is 65.1 Å². The number of Topliss-reactive ketones (excluding diaryl/α,β-unsaturated/α-hetero) is 1. The summed E-state index contributed by atoms with van der Waals surface area (Å²) in [5.41, 5.74) is 4.90. The lowest BCUT2D eigenvalue weighted by Gasteiger charge is -2.35. The largest absolute Gasteiger partial charge is 0.395 e. The topological polar surface area (TPSA) is 69.6 Å². The maximum atomic E-state index is 12.9. The molecule has 148 valence electrons. The fourth-order valence-electron chi connectivity index (χ4n) is 4.48. The van der Waals surface area contributed by atoms with E-state index in [0.29, 0.717) is 13.0 Å². The molecule has 0 spiro atoms. The minimum Gasteiger partial charge on any atom is -0.395 e. The molecule has 1 N–H and O–H groups in total. The van der Waals surface area contributed by atoms with Crippen LogP contribution >= 0.6 is 0 Å². The van der Waals surface area contributed by atoms with E-state index < -0.39 is 0 Å². The van der Waals surface area contributed by atoms with Crippen LogP contribution in [0.4, 0.5) is 5.95 Å². The standard InChI is InChI=1S/C22H28N4O2/c1-15-5-3-4-6-18(15)17-13-19-21(20(28)14-17)16(2)23-22(24-19)26-9-7-25(8-10-26)11-12-27/h3-6,17,27H,7-14H2,1-2H3/t17-/m1/s1. The number of fused-ring (bicyclic) bond motifs is 1. The molecule has 1 saturated heterocycles. The first-order valence-corrected chi connectivity index (χ1v) is 10.1. The van der Waals surface area contributed by atoms with E-state index in [-0.39, 0.29) is 18.3 Å². The molecule has 6 nitrogen and oxygen atoms in total.